The van der Waals surface area contributed by atoms with Crippen LogP contribution in [0, 0.1) is 0 Å². The summed E-state index contributed by atoms with van der Waals surface area (Å²) < 4.78 is 1.87. The van der Waals surface area contributed by atoms with E-state index in [1.807, 2.05) is 65.3 Å². The number of nitrogens with zero attached hydrogens (tertiary/aromatic N) is 3. The fourth-order valence-corrected chi connectivity index (χ4v) is 2.25. The molecule has 20 heavy (non-hydrogen) atoms. The molecule has 0 aliphatic heterocycles. The van der Waals surface area contributed by atoms with Crippen molar-refractivity contribution < 1.29 is 0 Å². The van der Waals surface area contributed by atoms with Crippen LogP contribution in [0.15, 0.2) is 60.7 Å². The van der Waals surface area contributed by atoms with Gasteiger partial charge in [0.1, 0.15) is 5.82 Å². The van der Waals surface area contributed by atoms with Gasteiger partial charge in [0.15, 0.2) is 5.82 Å². The van der Waals surface area contributed by atoms with Gasteiger partial charge in [0.05, 0.1) is 5.69 Å². The number of hydrogen-bond donors (Lipinski definition) is 0. The van der Waals surface area contributed by atoms with E-state index in [2.05, 4.69) is 10.1 Å². The Balaban J connectivity index is 2.08. The van der Waals surface area contributed by atoms with Gasteiger partial charge in [-0.25, -0.2) is 9.67 Å². The number of aryl methyl sites for hydroxylation is 1. The summed E-state index contributed by atoms with van der Waals surface area (Å²) in [6, 6.07) is 20.0. The number of aromatic nitrogens is 3. The second-order valence-corrected chi connectivity index (χ2v) is 4.78. The van der Waals surface area contributed by atoms with Crippen LogP contribution in [0.25, 0.3) is 17.1 Å². The van der Waals surface area contributed by atoms with E-state index in [-0.39, 0.29) is 0 Å². The highest BCUT2D eigenvalue weighted by molar-refractivity contribution is 6.17. The molecule has 0 radical (unpaired) electrons. The number of para-hydroxylation sites is 1. The Labute approximate surface area is 122 Å². The first kappa shape index (κ1) is 12.9. The monoisotopic (exact) mass is 283 g/mol. The van der Waals surface area contributed by atoms with Gasteiger partial charge in [-0.15, -0.1) is 16.7 Å². The Morgan fingerprint density at radius 2 is 1.55 bits per heavy atom. The molecule has 0 saturated heterocycles. The molecule has 0 bridgehead atoms. The molecule has 2 aromatic carbocycles. The van der Waals surface area contributed by atoms with E-state index < -0.39 is 0 Å². The molecular weight excluding hydrogens is 270 g/mol. The molecule has 0 N–H and O–H groups in total. The van der Waals surface area contributed by atoms with Crippen molar-refractivity contribution in [1.29, 1.82) is 0 Å². The quantitative estimate of drug-likeness (QED) is 0.683. The van der Waals surface area contributed by atoms with E-state index in [1.165, 1.54) is 0 Å². The molecule has 0 spiro atoms. The molecule has 3 aromatic rings. The summed E-state index contributed by atoms with van der Waals surface area (Å²) in [5.74, 6) is 2.14. The van der Waals surface area contributed by atoms with Gasteiger partial charge in [-0.2, -0.15) is 0 Å². The summed E-state index contributed by atoms with van der Waals surface area (Å²) in [5.41, 5.74) is 2.01. The molecular formula is C16H14ClN3. The molecule has 4 heteroatoms. The van der Waals surface area contributed by atoms with E-state index in [0.29, 0.717) is 12.3 Å². The summed E-state index contributed by atoms with van der Waals surface area (Å²) in [5, 5.41) is 4.62. The fourth-order valence-electron chi connectivity index (χ4n) is 2.08. The van der Waals surface area contributed by atoms with Crippen LogP contribution < -0.4 is 0 Å². The molecule has 3 nitrogen and oxygen atoms in total. The van der Waals surface area contributed by atoms with Crippen LogP contribution in [0.1, 0.15) is 5.82 Å². The third-order valence-electron chi connectivity index (χ3n) is 3.03. The third kappa shape index (κ3) is 2.58. The first-order chi connectivity index (χ1) is 9.88. The number of benzene rings is 2. The molecule has 0 atom stereocenters. The van der Waals surface area contributed by atoms with Gasteiger partial charge >= 0.3 is 0 Å². The summed E-state index contributed by atoms with van der Waals surface area (Å²) in [4.78, 5) is 4.61. The Morgan fingerprint density at radius 3 is 2.20 bits per heavy atom. The summed E-state index contributed by atoms with van der Waals surface area (Å²) in [6.07, 6.45) is 0.691. The zero-order valence-electron chi connectivity index (χ0n) is 10.9. The van der Waals surface area contributed by atoms with Crippen LogP contribution in [0.3, 0.4) is 0 Å². The summed E-state index contributed by atoms with van der Waals surface area (Å²) in [6.45, 7) is 0. The van der Waals surface area contributed by atoms with Crippen LogP contribution in [0.2, 0.25) is 0 Å². The average molecular weight is 284 g/mol. The molecule has 1 heterocycles. The van der Waals surface area contributed by atoms with Gasteiger partial charge in [-0.3, -0.25) is 0 Å². The predicted octanol–water partition coefficient (Wildman–Crippen LogP) is 3.72. The van der Waals surface area contributed by atoms with Crippen molar-refractivity contribution in [2.24, 2.45) is 0 Å². The lowest BCUT2D eigenvalue weighted by molar-refractivity contribution is 0.804. The molecule has 3 rings (SSSR count). The van der Waals surface area contributed by atoms with E-state index >= 15 is 0 Å². The Hall–Kier alpha value is -2.13. The van der Waals surface area contributed by atoms with Gasteiger partial charge in [0, 0.05) is 17.9 Å². The van der Waals surface area contributed by atoms with Crippen LogP contribution >= 0.6 is 11.6 Å². The minimum atomic E-state index is 0.528. The maximum Gasteiger partial charge on any atom is 0.181 e. The van der Waals surface area contributed by atoms with Crippen molar-refractivity contribution in [3.63, 3.8) is 0 Å². The second kappa shape index (κ2) is 5.88. The van der Waals surface area contributed by atoms with Gasteiger partial charge in [-0.1, -0.05) is 48.5 Å². The van der Waals surface area contributed by atoms with Crippen LogP contribution in [-0.2, 0) is 6.42 Å². The van der Waals surface area contributed by atoms with E-state index in [4.69, 9.17) is 11.6 Å². The molecule has 0 unspecified atom stereocenters. The predicted molar refractivity (Wildman–Crippen MR) is 81.2 cm³/mol. The smallest absolute Gasteiger partial charge is 0.181 e. The highest BCUT2D eigenvalue weighted by Gasteiger charge is 2.12. The highest BCUT2D eigenvalue weighted by atomic mass is 35.5. The van der Waals surface area contributed by atoms with Crippen molar-refractivity contribution in [3.8, 4) is 17.1 Å². The minimum Gasteiger partial charge on any atom is -0.217 e. The first-order valence-electron chi connectivity index (χ1n) is 6.51. The lowest BCUT2D eigenvalue weighted by Crippen LogP contribution is -2.03. The van der Waals surface area contributed by atoms with E-state index in [9.17, 15) is 0 Å². The van der Waals surface area contributed by atoms with Crippen LogP contribution in [0.5, 0.6) is 0 Å². The average Bonchev–Trinajstić information content (AvgIpc) is 2.94. The van der Waals surface area contributed by atoms with Crippen molar-refractivity contribution >= 4 is 11.6 Å². The van der Waals surface area contributed by atoms with Gasteiger partial charge < -0.3 is 0 Å². The van der Waals surface area contributed by atoms with Crippen LogP contribution in [0.4, 0.5) is 0 Å². The second-order valence-electron chi connectivity index (χ2n) is 4.40. The van der Waals surface area contributed by atoms with E-state index in [0.717, 1.165) is 22.9 Å². The van der Waals surface area contributed by atoms with Crippen LogP contribution in [-0.4, -0.2) is 20.6 Å². The molecule has 0 fully saturated rings. The molecule has 0 amide bonds. The van der Waals surface area contributed by atoms with Crippen molar-refractivity contribution in [2.75, 3.05) is 5.88 Å². The molecule has 0 aliphatic rings. The largest absolute Gasteiger partial charge is 0.217 e. The molecule has 1 aromatic heterocycles. The van der Waals surface area contributed by atoms with Crippen molar-refractivity contribution in [1.82, 2.24) is 14.8 Å². The maximum atomic E-state index is 5.87. The first-order valence-corrected chi connectivity index (χ1v) is 7.04. The Bertz CT molecular complexity index is 677. The van der Waals surface area contributed by atoms with Crippen molar-refractivity contribution in [3.05, 3.63) is 66.5 Å². The Kier molecular flexibility index (Phi) is 3.79. The zero-order chi connectivity index (χ0) is 13.8. The minimum absolute atomic E-state index is 0.528. The summed E-state index contributed by atoms with van der Waals surface area (Å²) in [7, 11) is 0. The third-order valence-corrected chi connectivity index (χ3v) is 3.21. The number of rotatable bonds is 4. The Morgan fingerprint density at radius 1 is 0.900 bits per heavy atom. The fraction of sp³-hybridized carbons (Fsp3) is 0.125. The molecule has 0 aliphatic carbocycles. The SMILES string of the molecule is ClCCc1nc(-c2ccccc2)nn1-c1ccccc1. The molecule has 0 saturated carbocycles. The van der Waals surface area contributed by atoms with E-state index in [1.54, 1.807) is 0 Å². The number of halogens is 1. The van der Waals surface area contributed by atoms with Gasteiger partial charge in [0.25, 0.3) is 0 Å². The standard InChI is InChI=1S/C16H14ClN3/c17-12-11-15-18-16(13-7-3-1-4-8-13)19-20(15)14-9-5-2-6-10-14/h1-10H,11-12H2. The molecule has 100 valence electrons. The lowest BCUT2D eigenvalue weighted by atomic mass is 10.2. The topological polar surface area (TPSA) is 30.7 Å². The zero-order valence-corrected chi connectivity index (χ0v) is 11.7. The van der Waals surface area contributed by atoms with Gasteiger partial charge in [-0.05, 0) is 12.1 Å². The highest BCUT2D eigenvalue weighted by Crippen LogP contribution is 2.18. The normalized spacial score (nSPS) is 10.7. The summed E-state index contributed by atoms with van der Waals surface area (Å²) >= 11 is 5.87. The number of alkyl halides is 1. The van der Waals surface area contributed by atoms with Crippen molar-refractivity contribution in [2.45, 2.75) is 6.42 Å². The lowest BCUT2D eigenvalue weighted by Gasteiger charge is -2.03. The maximum absolute atomic E-state index is 5.87. The van der Waals surface area contributed by atoms with Gasteiger partial charge in [0.2, 0.25) is 0 Å². The number of hydrogen-bond acceptors (Lipinski definition) is 2.